The summed E-state index contributed by atoms with van der Waals surface area (Å²) >= 11 is 0. The molecule has 0 aromatic carbocycles. The van der Waals surface area contributed by atoms with Gasteiger partial charge in [0.15, 0.2) is 0 Å². The van der Waals surface area contributed by atoms with Gasteiger partial charge in [-0.25, -0.2) is 0 Å². The normalized spacial score (nSPS) is 47.3. The largest absolute Gasteiger partial charge is 0.316 e. The van der Waals surface area contributed by atoms with E-state index in [9.17, 15) is 0 Å². The summed E-state index contributed by atoms with van der Waals surface area (Å²) in [5.74, 6) is 3.86. The highest BCUT2D eigenvalue weighted by Crippen LogP contribution is 2.35. The van der Waals surface area contributed by atoms with Gasteiger partial charge in [-0.05, 0) is 56.5 Å². The van der Waals surface area contributed by atoms with Gasteiger partial charge in [0, 0.05) is 19.1 Å². The van der Waals surface area contributed by atoms with Gasteiger partial charge < -0.3 is 5.32 Å². The average molecular weight is 236 g/mol. The Bertz CT molecular complexity index is 266. The minimum absolute atomic E-state index is 0.826. The van der Waals surface area contributed by atoms with Crippen LogP contribution in [0.1, 0.15) is 39.5 Å². The molecule has 2 nitrogen and oxygen atoms in total. The van der Waals surface area contributed by atoms with Crippen molar-refractivity contribution in [3.05, 3.63) is 0 Å². The van der Waals surface area contributed by atoms with Crippen LogP contribution in [-0.2, 0) is 0 Å². The van der Waals surface area contributed by atoms with E-state index < -0.39 is 0 Å². The first-order valence-electron chi connectivity index (χ1n) is 7.69. The molecule has 98 valence electrons. The number of nitrogens with zero attached hydrogens (tertiary/aromatic N) is 1. The van der Waals surface area contributed by atoms with Gasteiger partial charge in [0.1, 0.15) is 0 Å². The van der Waals surface area contributed by atoms with Gasteiger partial charge in [-0.2, -0.15) is 0 Å². The first kappa shape index (κ1) is 12.0. The van der Waals surface area contributed by atoms with E-state index in [2.05, 4.69) is 24.1 Å². The summed E-state index contributed by atoms with van der Waals surface area (Å²) in [6.07, 6.45) is 5.92. The molecule has 0 aromatic heterocycles. The van der Waals surface area contributed by atoms with Gasteiger partial charge in [-0.15, -0.1) is 0 Å². The number of rotatable bonds is 2. The maximum absolute atomic E-state index is 3.56. The maximum Gasteiger partial charge on any atom is 0.0111 e. The van der Waals surface area contributed by atoms with Crippen LogP contribution in [0.15, 0.2) is 0 Å². The van der Waals surface area contributed by atoms with Crippen LogP contribution in [0.2, 0.25) is 0 Å². The van der Waals surface area contributed by atoms with E-state index in [0.29, 0.717) is 0 Å². The third kappa shape index (κ3) is 2.39. The number of nitrogens with one attached hydrogen (secondary N) is 1. The van der Waals surface area contributed by atoms with Crippen LogP contribution in [0.3, 0.4) is 0 Å². The molecule has 3 rings (SSSR count). The Morgan fingerprint density at radius 1 is 1.18 bits per heavy atom. The quantitative estimate of drug-likeness (QED) is 0.792. The number of fused-ring (bicyclic) bond motifs is 1. The van der Waals surface area contributed by atoms with Gasteiger partial charge in [0.05, 0.1) is 0 Å². The van der Waals surface area contributed by atoms with Crippen LogP contribution >= 0.6 is 0 Å². The van der Waals surface area contributed by atoms with Crippen molar-refractivity contribution in [2.45, 2.75) is 45.6 Å². The number of hydrogen-bond acceptors (Lipinski definition) is 2. The predicted molar refractivity (Wildman–Crippen MR) is 72.0 cm³/mol. The molecule has 3 fully saturated rings. The molecule has 2 saturated heterocycles. The molecular formula is C15H28N2. The molecule has 1 saturated carbocycles. The second kappa shape index (κ2) is 4.89. The zero-order valence-corrected chi connectivity index (χ0v) is 11.5. The van der Waals surface area contributed by atoms with Crippen molar-refractivity contribution >= 4 is 0 Å². The fourth-order valence-corrected chi connectivity index (χ4v) is 4.55. The zero-order chi connectivity index (χ0) is 11.8. The third-order valence-electron chi connectivity index (χ3n) is 5.59. The van der Waals surface area contributed by atoms with Crippen molar-refractivity contribution in [1.82, 2.24) is 10.2 Å². The molecule has 2 heterocycles. The minimum Gasteiger partial charge on any atom is -0.316 e. The topological polar surface area (TPSA) is 15.3 Å². The minimum atomic E-state index is 0.826. The Morgan fingerprint density at radius 2 is 2.06 bits per heavy atom. The first-order valence-corrected chi connectivity index (χ1v) is 7.69. The molecule has 1 N–H and O–H groups in total. The maximum atomic E-state index is 3.56. The summed E-state index contributed by atoms with van der Waals surface area (Å²) in [5.41, 5.74) is 0. The summed E-state index contributed by atoms with van der Waals surface area (Å²) in [5, 5.41) is 3.56. The van der Waals surface area contributed by atoms with E-state index in [1.807, 2.05) is 0 Å². The highest BCUT2D eigenvalue weighted by atomic mass is 15.2. The molecule has 1 aliphatic carbocycles. The Morgan fingerprint density at radius 3 is 2.82 bits per heavy atom. The molecule has 0 bridgehead atoms. The molecule has 2 aliphatic heterocycles. The molecule has 0 amide bonds. The second-order valence-electron chi connectivity index (χ2n) is 6.91. The lowest BCUT2D eigenvalue weighted by Crippen LogP contribution is -2.37. The number of hydrogen-bond donors (Lipinski definition) is 1. The lowest BCUT2D eigenvalue weighted by Gasteiger charge is -2.33. The summed E-state index contributed by atoms with van der Waals surface area (Å²) in [7, 11) is 0. The van der Waals surface area contributed by atoms with Crippen LogP contribution in [0.4, 0.5) is 0 Å². The van der Waals surface area contributed by atoms with E-state index >= 15 is 0 Å². The van der Waals surface area contributed by atoms with Crippen LogP contribution in [0, 0.1) is 23.7 Å². The molecule has 0 radical (unpaired) electrons. The van der Waals surface area contributed by atoms with Crippen molar-refractivity contribution in [3.8, 4) is 0 Å². The summed E-state index contributed by atoms with van der Waals surface area (Å²) < 4.78 is 0. The van der Waals surface area contributed by atoms with Crippen molar-refractivity contribution in [1.29, 1.82) is 0 Å². The predicted octanol–water partition coefficient (Wildman–Crippen LogP) is 2.35. The molecular weight excluding hydrogens is 208 g/mol. The zero-order valence-electron chi connectivity index (χ0n) is 11.5. The van der Waals surface area contributed by atoms with Gasteiger partial charge in [0.2, 0.25) is 0 Å². The first-order chi connectivity index (χ1) is 8.24. The fourth-order valence-electron chi connectivity index (χ4n) is 4.55. The fraction of sp³-hybridized carbons (Fsp3) is 1.00. The van der Waals surface area contributed by atoms with E-state index in [0.717, 1.165) is 29.7 Å². The Labute approximate surface area is 106 Å². The van der Waals surface area contributed by atoms with Crippen LogP contribution < -0.4 is 5.32 Å². The molecule has 0 spiro atoms. The standard InChI is InChI=1S/C15H28N2/c1-11-4-3-5-13(6-11)9-17-10-14-7-16-8-15(14)12(17)2/h11-16H,3-10H2,1-2H3. The van der Waals surface area contributed by atoms with Crippen LogP contribution in [-0.4, -0.2) is 37.1 Å². The lowest BCUT2D eigenvalue weighted by molar-refractivity contribution is 0.163. The van der Waals surface area contributed by atoms with E-state index in [4.69, 9.17) is 0 Å². The average Bonchev–Trinajstić information content (AvgIpc) is 2.84. The Kier molecular flexibility index (Phi) is 3.45. The lowest BCUT2D eigenvalue weighted by atomic mass is 9.82. The van der Waals surface area contributed by atoms with E-state index in [1.165, 1.54) is 51.9 Å². The summed E-state index contributed by atoms with van der Waals surface area (Å²) in [4.78, 5) is 2.80. The number of likely N-dealkylation sites (tertiary alicyclic amines) is 1. The molecule has 2 heteroatoms. The van der Waals surface area contributed by atoms with Gasteiger partial charge in [0.25, 0.3) is 0 Å². The van der Waals surface area contributed by atoms with Gasteiger partial charge in [-0.1, -0.05) is 19.8 Å². The summed E-state index contributed by atoms with van der Waals surface area (Å²) in [6, 6.07) is 0.826. The van der Waals surface area contributed by atoms with E-state index in [1.54, 1.807) is 0 Å². The highest BCUT2D eigenvalue weighted by molar-refractivity contribution is 4.97. The Hall–Kier alpha value is -0.0800. The van der Waals surface area contributed by atoms with Crippen LogP contribution in [0.5, 0.6) is 0 Å². The van der Waals surface area contributed by atoms with Crippen molar-refractivity contribution in [2.75, 3.05) is 26.2 Å². The third-order valence-corrected chi connectivity index (χ3v) is 5.59. The van der Waals surface area contributed by atoms with Crippen LogP contribution in [0.25, 0.3) is 0 Å². The Balaban J connectivity index is 1.55. The molecule has 17 heavy (non-hydrogen) atoms. The van der Waals surface area contributed by atoms with Gasteiger partial charge >= 0.3 is 0 Å². The van der Waals surface area contributed by atoms with Crippen molar-refractivity contribution in [2.24, 2.45) is 23.7 Å². The molecule has 3 aliphatic rings. The highest BCUT2D eigenvalue weighted by Gasteiger charge is 2.42. The van der Waals surface area contributed by atoms with Crippen molar-refractivity contribution in [3.63, 3.8) is 0 Å². The van der Waals surface area contributed by atoms with E-state index in [-0.39, 0.29) is 0 Å². The summed E-state index contributed by atoms with van der Waals surface area (Å²) in [6.45, 7) is 10.2. The molecule has 0 aromatic rings. The van der Waals surface area contributed by atoms with Crippen molar-refractivity contribution < 1.29 is 0 Å². The molecule has 5 atom stereocenters. The smallest absolute Gasteiger partial charge is 0.0111 e. The second-order valence-corrected chi connectivity index (χ2v) is 6.91. The van der Waals surface area contributed by atoms with Gasteiger partial charge in [-0.3, -0.25) is 4.90 Å². The SMILES string of the molecule is CC1CCCC(CN2CC3CNCC3C2C)C1. The monoisotopic (exact) mass is 236 g/mol. The molecule has 5 unspecified atom stereocenters.